The molecule has 0 aliphatic carbocycles. The van der Waals surface area contributed by atoms with Crippen LogP contribution in [-0.4, -0.2) is 31.0 Å². The van der Waals surface area contributed by atoms with E-state index in [4.69, 9.17) is 14.6 Å². The number of aliphatic hydroxyl groups excluding tert-OH is 1. The summed E-state index contributed by atoms with van der Waals surface area (Å²) in [5, 5.41) is 11.7. The maximum atomic E-state index is 12.0. The number of alkyl halides is 2. The molecule has 0 spiro atoms. The number of para-hydroxylation sites is 1. The van der Waals surface area contributed by atoms with Gasteiger partial charge in [0.25, 0.3) is 6.43 Å². The first-order valence-electron chi connectivity index (χ1n) is 5.23. The lowest BCUT2D eigenvalue weighted by Gasteiger charge is -2.11. The Morgan fingerprint density at radius 3 is 2.94 bits per heavy atom. The Bertz CT molecular complexity index is 387. The lowest BCUT2D eigenvalue weighted by molar-refractivity contribution is -0.00342. The van der Waals surface area contributed by atoms with Crippen molar-refractivity contribution in [1.82, 2.24) is 5.32 Å². The summed E-state index contributed by atoms with van der Waals surface area (Å²) in [6, 6.07) is 5.39. The van der Waals surface area contributed by atoms with Crippen LogP contribution in [0.5, 0.6) is 11.5 Å². The number of nitrogens with one attached hydrogen (secondary N) is 1. The van der Waals surface area contributed by atoms with E-state index in [0.29, 0.717) is 18.0 Å². The highest BCUT2D eigenvalue weighted by atomic mass is 19.3. The molecule has 1 atom stereocenters. The fourth-order valence-electron chi connectivity index (χ4n) is 1.57. The molecule has 1 aromatic rings. The zero-order valence-electron chi connectivity index (χ0n) is 9.03. The zero-order chi connectivity index (χ0) is 12.3. The van der Waals surface area contributed by atoms with Crippen molar-refractivity contribution in [3.8, 4) is 11.5 Å². The quantitative estimate of drug-likeness (QED) is 0.816. The molecule has 0 saturated heterocycles. The molecule has 0 radical (unpaired) electrons. The van der Waals surface area contributed by atoms with Crippen LogP contribution >= 0.6 is 0 Å². The third kappa shape index (κ3) is 2.83. The van der Waals surface area contributed by atoms with E-state index in [9.17, 15) is 8.78 Å². The summed E-state index contributed by atoms with van der Waals surface area (Å²) in [5.41, 5.74) is 0.821. The van der Waals surface area contributed by atoms with Crippen molar-refractivity contribution in [2.45, 2.75) is 19.1 Å². The molecule has 0 bridgehead atoms. The molecule has 0 aromatic heterocycles. The molecule has 94 valence electrons. The summed E-state index contributed by atoms with van der Waals surface area (Å²) in [6.45, 7) is 0.352. The van der Waals surface area contributed by atoms with E-state index in [0.717, 1.165) is 5.56 Å². The van der Waals surface area contributed by atoms with E-state index < -0.39 is 12.5 Å². The molecule has 1 heterocycles. The summed E-state index contributed by atoms with van der Waals surface area (Å²) in [5.74, 6) is 1.28. The Balaban J connectivity index is 1.90. The molecule has 2 rings (SSSR count). The van der Waals surface area contributed by atoms with Gasteiger partial charge in [0.05, 0.1) is 0 Å². The number of aliphatic hydroxyl groups is 1. The van der Waals surface area contributed by atoms with E-state index >= 15 is 0 Å². The number of rotatable bonds is 5. The maximum Gasteiger partial charge on any atom is 0.265 e. The van der Waals surface area contributed by atoms with Gasteiger partial charge >= 0.3 is 0 Å². The Morgan fingerprint density at radius 2 is 2.18 bits per heavy atom. The number of ether oxygens (including phenoxy) is 2. The first kappa shape index (κ1) is 12.1. The Labute approximate surface area is 97.2 Å². The number of fused-ring (bicyclic) bond motifs is 1. The molecule has 4 nitrogen and oxygen atoms in total. The fraction of sp³-hybridized carbons (Fsp3) is 0.455. The van der Waals surface area contributed by atoms with Gasteiger partial charge in [-0.15, -0.1) is 0 Å². The van der Waals surface area contributed by atoms with Gasteiger partial charge in [-0.3, -0.25) is 0 Å². The summed E-state index contributed by atoms with van der Waals surface area (Å²) < 4.78 is 34.5. The number of hydrogen-bond acceptors (Lipinski definition) is 4. The molecular weight excluding hydrogens is 232 g/mol. The number of benzene rings is 1. The Morgan fingerprint density at radius 1 is 1.35 bits per heavy atom. The van der Waals surface area contributed by atoms with Gasteiger partial charge in [0, 0.05) is 18.7 Å². The second-order valence-electron chi connectivity index (χ2n) is 3.68. The van der Waals surface area contributed by atoms with Gasteiger partial charge < -0.3 is 19.9 Å². The largest absolute Gasteiger partial charge is 0.454 e. The minimum absolute atomic E-state index is 0.164. The lowest BCUT2D eigenvalue weighted by Crippen LogP contribution is -2.31. The normalized spacial score (nSPS) is 15.3. The Hall–Kier alpha value is -1.40. The highest BCUT2D eigenvalue weighted by Gasteiger charge is 2.18. The van der Waals surface area contributed by atoms with Gasteiger partial charge in [0.1, 0.15) is 6.10 Å². The molecule has 17 heavy (non-hydrogen) atoms. The Kier molecular flexibility index (Phi) is 3.75. The predicted molar refractivity (Wildman–Crippen MR) is 56.3 cm³/mol. The number of halogens is 2. The third-order valence-electron chi connectivity index (χ3n) is 2.44. The zero-order valence-corrected chi connectivity index (χ0v) is 9.03. The van der Waals surface area contributed by atoms with Crippen LogP contribution in [0.25, 0.3) is 0 Å². The van der Waals surface area contributed by atoms with Crippen molar-refractivity contribution in [2.75, 3.05) is 13.3 Å². The van der Waals surface area contributed by atoms with Gasteiger partial charge in [-0.05, 0) is 6.07 Å². The maximum absolute atomic E-state index is 12.0. The SMILES string of the molecule is OC(CNCc1cccc2c1OCO2)C(F)F. The van der Waals surface area contributed by atoms with Crippen molar-refractivity contribution in [3.05, 3.63) is 23.8 Å². The molecule has 6 heteroatoms. The molecule has 0 amide bonds. The fourth-order valence-corrected chi connectivity index (χ4v) is 1.57. The van der Waals surface area contributed by atoms with E-state index in [1.165, 1.54) is 0 Å². The molecule has 1 aromatic carbocycles. The topological polar surface area (TPSA) is 50.7 Å². The van der Waals surface area contributed by atoms with Crippen LogP contribution < -0.4 is 14.8 Å². The van der Waals surface area contributed by atoms with Crippen LogP contribution in [0.15, 0.2) is 18.2 Å². The predicted octanol–water partition coefficient (Wildman–Crippen LogP) is 1.13. The molecular formula is C11H13F2NO3. The summed E-state index contributed by atoms with van der Waals surface area (Å²) in [4.78, 5) is 0. The van der Waals surface area contributed by atoms with E-state index in [-0.39, 0.29) is 13.3 Å². The average Bonchev–Trinajstić information content (AvgIpc) is 2.77. The van der Waals surface area contributed by atoms with E-state index in [2.05, 4.69) is 5.32 Å². The molecule has 0 saturated carbocycles. The van der Waals surface area contributed by atoms with Crippen molar-refractivity contribution < 1.29 is 23.4 Å². The molecule has 2 N–H and O–H groups in total. The monoisotopic (exact) mass is 245 g/mol. The molecule has 1 aliphatic rings. The lowest BCUT2D eigenvalue weighted by atomic mass is 10.2. The van der Waals surface area contributed by atoms with E-state index in [1.807, 2.05) is 6.07 Å². The van der Waals surface area contributed by atoms with Gasteiger partial charge in [-0.25, -0.2) is 8.78 Å². The van der Waals surface area contributed by atoms with Gasteiger partial charge in [-0.1, -0.05) is 12.1 Å². The van der Waals surface area contributed by atoms with Crippen molar-refractivity contribution in [2.24, 2.45) is 0 Å². The number of hydrogen-bond donors (Lipinski definition) is 2. The summed E-state index contributed by atoms with van der Waals surface area (Å²) in [6.07, 6.45) is -4.38. The van der Waals surface area contributed by atoms with Gasteiger partial charge in [-0.2, -0.15) is 0 Å². The van der Waals surface area contributed by atoms with Crippen LogP contribution in [0.3, 0.4) is 0 Å². The minimum atomic E-state index is -2.73. The average molecular weight is 245 g/mol. The van der Waals surface area contributed by atoms with Gasteiger partial charge in [0.2, 0.25) is 6.79 Å². The highest BCUT2D eigenvalue weighted by molar-refractivity contribution is 5.48. The smallest absolute Gasteiger partial charge is 0.265 e. The van der Waals surface area contributed by atoms with Crippen LogP contribution in [0.2, 0.25) is 0 Å². The molecule has 1 aliphatic heterocycles. The van der Waals surface area contributed by atoms with Crippen LogP contribution in [0, 0.1) is 0 Å². The van der Waals surface area contributed by atoms with Crippen molar-refractivity contribution >= 4 is 0 Å². The second kappa shape index (κ2) is 5.29. The van der Waals surface area contributed by atoms with Crippen molar-refractivity contribution in [3.63, 3.8) is 0 Å². The van der Waals surface area contributed by atoms with Crippen LogP contribution in [0.4, 0.5) is 8.78 Å². The van der Waals surface area contributed by atoms with Crippen LogP contribution in [0.1, 0.15) is 5.56 Å². The standard InChI is InChI=1S/C11H13F2NO3/c12-11(13)8(15)5-14-4-7-2-1-3-9-10(7)17-6-16-9/h1-3,8,11,14-15H,4-6H2. The molecule has 0 fully saturated rings. The van der Waals surface area contributed by atoms with Crippen LogP contribution in [-0.2, 0) is 6.54 Å². The summed E-state index contributed by atoms with van der Waals surface area (Å²) in [7, 11) is 0. The second-order valence-corrected chi connectivity index (χ2v) is 3.68. The first-order chi connectivity index (χ1) is 8.18. The van der Waals surface area contributed by atoms with Gasteiger partial charge in [0.15, 0.2) is 11.5 Å². The van der Waals surface area contributed by atoms with E-state index in [1.54, 1.807) is 12.1 Å². The first-order valence-corrected chi connectivity index (χ1v) is 5.23. The minimum Gasteiger partial charge on any atom is -0.454 e. The highest BCUT2D eigenvalue weighted by Crippen LogP contribution is 2.35. The van der Waals surface area contributed by atoms with Crippen molar-refractivity contribution in [1.29, 1.82) is 0 Å². The molecule has 1 unspecified atom stereocenters. The third-order valence-corrected chi connectivity index (χ3v) is 2.44. The summed E-state index contributed by atoms with van der Waals surface area (Å²) >= 11 is 0.